The predicted molar refractivity (Wildman–Crippen MR) is 56.1 cm³/mol. The summed E-state index contributed by atoms with van der Waals surface area (Å²) >= 11 is 0. The largest absolute Gasteiger partial charge is 0.520 e. The predicted octanol–water partition coefficient (Wildman–Crippen LogP) is 1.46. The molecular formula is C11H18FmNO3-. The van der Waals surface area contributed by atoms with E-state index in [4.69, 9.17) is 5.11 Å². The van der Waals surface area contributed by atoms with Crippen LogP contribution in [0, 0.1) is 5.92 Å². The van der Waals surface area contributed by atoms with Crippen LogP contribution in [0.2, 0.25) is 0 Å². The summed E-state index contributed by atoms with van der Waals surface area (Å²) in [5.41, 5.74) is 0. The molecule has 0 spiro atoms. The number of amides is 1. The van der Waals surface area contributed by atoms with Crippen LogP contribution in [0.1, 0.15) is 44.9 Å². The van der Waals surface area contributed by atoms with Crippen molar-refractivity contribution < 1.29 is 14.7 Å². The number of carbonyl (C=O) groups is 1. The Balaban J connectivity index is 0.00000225. The van der Waals surface area contributed by atoms with Gasteiger partial charge in [-0.1, -0.05) is 32.1 Å². The first-order chi connectivity index (χ1) is 7.24. The number of rotatable bonds is 6. The maximum absolute atomic E-state index is 10.7. The summed E-state index contributed by atoms with van der Waals surface area (Å²) in [7, 11) is 0. The van der Waals surface area contributed by atoms with E-state index in [9.17, 15) is 9.59 Å². The van der Waals surface area contributed by atoms with E-state index in [1.54, 1.807) is 0 Å². The van der Waals surface area contributed by atoms with Gasteiger partial charge in [-0.05, 0) is 18.8 Å². The van der Waals surface area contributed by atoms with Gasteiger partial charge in [0.25, 0.3) is 0 Å². The van der Waals surface area contributed by atoms with Gasteiger partial charge < -0.3 is 15.2 Å². The van der Waals surface area contributed by atoms with E-state index in [0.717, 1.165) is 6.42 Å². The molecule has 1 amide bonds. The molecule has 0 aromatic heterocycles. The van der Waals surface area contributed by atoms with Crippen molar-refractivity contribution >= 4 is 12.4 Å². The minimum Gasteiger partial charge on any atom is -0.520 e. The van der Waals surface area contributed by atoms with Crippen LogP contribution >= 0.6 is 0 Å². The molecule has 16 heavy (non-hydrogen) atoms. The number of carboxylic acid groups (broad SMARTS) is 1. The van der Waals surface area contributed by atoms with Crippen LogP contribution in [0.5, 0.6) is 0 Å². The molecule has 1 unspecified atom stereocenters. The van der Waals surface area contributed by atoms with Crippen LogP contribution in [-0.2, 0) is 9.59 Å². The summed E-state index contributed by atoms with van der Waals surface area (Å²) in [5, 5.41) is 11.0. The second kappa shape index (κ2) is 7.26. The number of aliphatic carboxylic acids is 1. The van der Waals surface area contributed by atoms with E-state index in [1.165, 1.54) is 38.5 Å². The summed E-state index contributed by atoms with van der Waals surface area (Å²) in [4.78, 5) is 20.8. The van der Waals surface area contributed by atoms with Crippen molar-refractivity contribution in [3.63, 3.8) is 0 Å². The third-order valence-electron chi connectivity index (χ3n) is 3.12. The fourth-order valence-electron chi connectivity index (χ4n) is 2.21. The second-order valence-corrected chi connectivity index (χ2v) is 4.22. The van der Waals surface area contributed by atoms with E-state index < -0.39 is 12.0 Å². The van der Waals surface area contributed by atoms with Crippen molar-refractivity contribution in [2.75, 3.05) is 0 Å². The minimum absolute atomic E-state index is 0. The van der Waals surface area contributed by atoms with Gasteiger partial charge in [0.2, 0.25) is 0 Å². The summed E-state index contributed by atoms with van der Waals surface area (Å²) < 4.78 is 0. The minimum atomic E-state index is -0.964. The molecule has 4 nitrogen and oxygen atoms in total. The zero-order valence-electron chi connectivity index (χ0n) is 9.16. The maximum Gasteiger partial charge on any atom is 0.323 e. The zero-order chi connectivity index (χ0) is 11.1. The molecule has 0 saturated heterocycles. The average molecular weight is 469 g/mol. The van der Waals surface area contributed by atoms with Gasteiger partial charge in [-0.25, -0.2) is 0 Å². The first kappa shape index (κ1) is 13.9. The monoisotopic (exact) mass is 469 g/mol. The van der Waals surface area contributed by atoms with Crippen molar-refractivity contribution in [1.82, 2.24) is 5.32 Å². The normalized spacial score (nSPS) is 18.2. The number of hydrogen-bond acceptors (Lipinski definition) is 2. The Morgan fingerprint density at radius 2 is 2.00 bits per heavy atom. The molecule has 0 aliphatic heterocycles. The van der Waals surface area contributed by atoms with E-state index in [2.05, 4.69) is 5.32 Å². The summed E-state index contributed by atoms with van der Waals surface area (Å²) in [6, 6.07) is -0.760. The Hall–Kier alpha value is -2.06. The van der Waals surface area contributed by atoms with Crippen molar-refractivity contribution in [3.8, 4) is 0 Å². The molecule has 1 aliphatic carbocycles. The molecule has 0 bridgehead atoms. The van der Waals surface area contributed by atoms with Crippen LogP contribution < -0.4 is 5.32 Å². The molecule has 2 N–H and O–H groups in total. The number of carbonyl (C=O) groups excluding carboxylic acids is 1. The summed E-state index contributed by atoms with van der Waals surface area (Å²) in [6.07, 6.45) is 9.11. The fraction of sp³-hybridized carbons (Fsp3) is 0.818. The molecule has 0 aromatic rings. The average Bonchev–Trinajstić information content (AvgIpc) is 2.25. The molecular weight excluding hydrogens is 451 g/mol. The molecule has 1 saturated carbocycles. The molecule has 1 rings (SSSR count). The van der Waals surface area contributed by atoms with Gasteiger partial charge in [0.1, 0.15) is 0 Å². The molecule has 1 atom stereocenters. The third-order valence-corrected chi connectivity index (χ3v) is 3.12. The molecule has 0 radical (unpaired) electrons. The van der Waals surface area contributed by atoms with Crippen LogP contribution in [-0.4, -0.2) is 23.5 Å². The van der Waals surface area contributed by atoms with Crippen LogP contribution in [0.4, 0.5) is 0 Å². The van der Waals surface area contributed by atoms with Gasteiger partial charge in [0.15, 0.2) is 0 Å². The fourth-order valence-corrected chi connectivity index (χ4v) is 2.21. The Labute approximate surface area is 90.0 Å². The Bertz CT molecular complexity index is 217. The van der Waals surface area contributed by atoms with Gasteiger partial charge in [-0.3, -0.25) is 4.79 Å². The Kier molecular flexibility index (Phi) is 6.33. The van der Waals surface area contributed by atoms with E-state index in [-0.39, 0.29) is 0 Å². The van der Waals surface area contributed by atoms with Crippen LogP contribution in [0.25, 0.3) is 0 Å². The van der Waals surface area contributed by atoms with Gasteiger partial charge in [0, 0.05) is 0 Å². The van der Waals surface area contributed by atoms with Gasteiger partial charge in [0.05, 0.1) is 6.04 Å². The van der Waals surface area contributed by atoms with E-state index in [0.29, 0.717) is 12.3 Å². The zero-order valence-corrected chi connectivity index (χ0v) is 11.6. The number of hydrogen-bond donors (Lipinski definition) is 2. The molecule has 0 aromatic carbocycles. The van der Waals surface area contributed by atoms with Gasteiger partial charge in [-0.2, -0.15) is 6.41 Å². The number of carboxylic acids is 1. The Morgan fingerprint density at radius 3 is 2.50 bits per heavy atom. The molecule has 5 heteroatoms. The quantitative estimate of drug-likeness (QED) is 0.458. The number of nitrogens with one attached hydrogen (secondary N) is 1. The first-order valence-electron chi connectivity index (χ1n) is 5.59. The van der Waals surface area contributed by atoms with Crippen LogP contribution in [0.3, 0.4) is 0 Å². The van der Waals surface area contributed by atoms with Crippen molar-refractivity contribution in [2.45, 2.75) is 51.0 Å². The third kappa shape index (κ3) is 4.44. The van der Waals surface area contributed by atoms with Crippen LogP contribution in [0.15, 0.2) is 0 Å². The van der Waals surface area contributed by atoms with Gasteiger partial charge in [-0.15, -0.1) is 0 Å². The van der Waals surface area contributed by atoms with E-state index in [1.807, 2.05) is 0 Å². The van der Waals surface area contributed by atoms with Gasteiger partial charge >= 0.3 is 5.97 Å². The standard InChI is InChI=1S/C11H18NO3.Fm/c13-8-12-10(11(14)15)7-6-9-4-2-1-3-5-9;/h9-10H,1-7H2,(H,12,13)(H,14,15);/q-1;. The summed E-state index contributed by atoms with van der Waals surface area (Å²) in [5.74, 6) is -0.316. The smallest absolute Gasteiger partial charge is 0.323 e. The maximum atomic E-state index is 10.7. The van der Waals surface area contributed by atoms with Crippen molar-refractivity contribution in [2.24, 2.45) is 5.92 Å². The van der Waals surface area contributed by atoms with Crippen molar-refractivity contribution in [3.05, 3.63) is 0 Å². The topological polar surface area (TPSA) is 66.4 Å². The first-order valence-corrected chi connectivity index (χ1v) is 5.59. The van der Waals surface area contributed by atoms with E-state index >= 15 is 0 Å². The molecule has 98 valence electrons. The molecule has 1 fully saturated rings. The molecule has 1 aliphatic rings. The molecule has 0 heterocycles. The summed E-state index contributed by atoms with van der Waals surface area (Å²) in [6.45, 7) is 0. The SMILES string of the molecule is O=[C-]NC(CCC1CCCCC1)C(=O)O.[Fm]. The van der Waals surface area contributed by atoms with Crippen molar-refractivity contribution in [1.29, 1.82) is 0 Å². The Morgan fingerprint density at radius 1 is 1.38 bits per heavy atom. The second-order valence-electron chi connectivity index (χ2n) is 4.22.